The zero-order valence-corrected chi connectivity index (χ0v) is 15.7. The summed E-state index contributed by atoms with van der Waals surface area (Å²) >= 11 is 1.72. The van der Waals surface area contributed by atoms with E-state index in [1.165, 1.54) is 16.0 Å². The van der Waals surface area contributed by atoms with E-state index in [4.69, 9.17) is 4.74 Å². The SMILES string of the molecule is CCC(C)Oc1c(C)cc(Sc2cc(C)c(O)c(C)c2)cc1C. The maximum absolute atomic E-state index is 9.90. The lowest BCUT2D eigenvalue weighted by atomic mass is 10.1. The second-order valence-electron chi connectivity index (χ2n) is 6.23. The molecule has 2 rings (SSSR count). The Morgan fingerprint density at radius 1 is 0.913 bits per heavy atom. The van der Waals surface area contributed by atoms with Crippen molar-refractivity contribution in [2.45, 2.75) is 63.9 Å². The summed E-state index contributed by atoms with van der Waals surface area (Å²) in [6, 6.07) is 8.41. The molecule has 0 saturated carbocycles. The molecule has 0 spiro atoms. The van der Waals surface area contributed by atoms with Crippen molar-refractivity contribution >= 4 is 11.8 Å². The van der Waals surface area contributed by atoms with Crippen LogP contribution in [0.25, 0.3) is 0 Å². The van der Waals surface area contributed by atoms with Crippen molar-refractivity contribution in [3.63, 3.8) is 0 Å². The van der Waals surface area contributed by atoms with Crippen molar-refractivity contribution in [3.05, 3.63) is 46.5 Å². The third-order valence-corrected chi connectivity index (χ3v) is 4.97. The molecule has 2 aromatic rings. The Labute approximate surface area is 143 Å². The van der Waals surface area contributed by atoms with Crippen molar-refractivity contribution in [1.82, 2.24) is 0 Å². The third-order valence-electron chi connectivity index (χ3n) is 4.03. The number of rotatable bonds is 5. The first kappa shape index (κ1) is 17.7. The Morgan fingerprint density at radius 2 is 1.35 bits per heavy atom. The van der Waals surface area contributed by atoms with Gasteiger partial charge in [-0.25, -0.2) is 0 Å². The van der Waals surface area contributed by atoms with Gasteiger partial charge in [0.1, 0.15) is 11.5 Å². The van der Waals surface area contributed by atoms with Gasteiger partial charge < -0.3 is 9.84 Å². The van der Waals surface area contributed by atoms with E-state index in [0.29, 0.717) is 5.75 Å². The summed E-state index contributed by atoms with van der Waals surface area (Å²) in [5, 5.41) is 9.90. The van der Waals surface area contributed by atoms with Gasteiger partial charge in [-0.15, -0.1) is 0 Å². The molecule has 0 bridgehead atoms. The van der Waals surface area contributed by atoms with Gasteiger partial charge in [0.25, 0.3) is 0 Å². The number of hydrogen-bond acceptors (Lipinski definition) is 3. The lowest BCUT2D eigenvalue weighted by Crippen LogP contribution is -2.11. The van der Waals surface area contributed by atoms with Crippen LogP contribution in [0.4, 0.5) is 0 Å². The van der Waals surface area contributed by atoms with Crippen LogP contribution in [0.5, 0.6) is 11.5 Å². The van der Waals surface area contributed by atoms with Gasteiger partial charge in [0.15, 0.2) is 0 Å². The Balaban J connectivity index is 2.28. The van der Waals surface area contributed by atoms with Crippen LogP contribution in [-0.4, -0.2) is 11.2 Å². The molecule has 1 N–H and O–H groups in total. The minimum absolute atomic E-state index is 0.230. The van der Waals surface area contributed by atoms with Crippen molar-refractivity contribution < 1.29 is 9.84 Å². The zero-order valence-electron chi connectivity index (χ0n) is 14.9. The largest absolute Gasteiger partial charge is 0.507 e. The number of aryl methyl sites for hydroxylation is 4. The van der Waals surface area contributed by atoms with Gasteiger partial charge in [0, 0.05) is 9.79 Å². The van der Waals surface area contributed by atoms with Crippen molar-refractivity contribution in [2.75, 3.05) is 0 Å². The summed E-state index contributed by atoms with van der Waals surface area (Å²) < 4.78 is 6.04. The van der Waals surface area contributed by atoms with Crippen LogP contribution in [0.1, 0.15) is 42.5 Å². The van der Waals surface area contributed by atoms with Crippen molar-refractivity contribution in [1.29, 1.82) is 0 Å². The smallest absolute Gasteiger partial charge is 0.125 e. The van der Waals surface area contributed by atoms with E-state index in [2.05, 4.69) is 39.8 Å². The first-order valence-corrected chi connectivity index (χ1v) is 8.89. The van der Waals surface area contributed by atoms with Gasteiger partial charge >= 0.3 is 0 Å². The number of hydrogen-bond donors (Lipinski definition) is 1. The maximum Gasteiger partial charge on any atom is 0.125 e. The Kier molecular flexibility index (Phi) is 5.64. The lowest BCUT2D eigenvalue weighted by molar-refractivity contribution is 0.214. The number of benzene rings is 2. The van der Waals surface area contributed by atoms with E-state index in [9.17, 15) is 5.11 Å². The predicted molar refractivity (Wildman–Crippen MR) is 98.0 cm³/mol. The van der Waals surface area contributed by atoms with Gasteiger partial charge in [0.05, 0.1) is 6.10 Å². The van der Waals surface area contributed by atoms with Gasteiger partial charge in [-0.05, 0) is 87.6 Å². The first-order chi connectivity index (χ1) is 10.8. The minimum atomic E-state index is 0.230. The molecule has 0 saturated heterocycles. The summed E-state index contributed by atoms with van der Waals surface area (Å²) in [7, 11) is 0. The predicted octanol–water partition coefficient (Wildman–Crippen LogP) is 5.95. The maximum atomic E-state index is 9.90. The van der Waals surface area contributed by atoms with E-state index < -0.39 is 0 Å². The molecule has 0 aromatic heterocycles. The normalized spacial score (nSPS) is 12.3. The fourth-order valence-electron chi connectivity index (χ4n) is 2.55. The number of phenolic OH excluding ortho intramolecular Hbond substituents is 1. The van der Waals surface area contributed by atoms with Crippen LogP contribution in [0, 0.1) is 27.7 Å². The number of ether oxygens (including phenoxy) is 1. The van der Waals surface area contributed by atoms with Gasteiger partial charge in [-0.2, -0.15) is 0 Å². The summed E-state index contributed by atoms with van der Waals surface area (Å²) in [5.41, 5.74) is 4.16. The average molecular weight is 330 g/mol. The van der Waals surface area contributed by atoms with Crippen LogP contribution >= 0.6 is 11.8 Å². The van der Waals surface area contributed by atoms with E-state index in [-0.39, 0.29) is 6.10 Å². The molecule has 2 nitrogen and oxygen atoms in total. The van der Waals surface area contributed by atoms with Crippen LogP contribution in [0.15, 0.2) is 34.1 Å². The van der Waals surface area contributed by atoms with E-state index in [1.54, 1.807) is 11.8 Å². The molecular formula is C20H26O2S. The Hall–Kier alpha value is -1.61. The molecule has 2 aromatic carbocycles. The van der Waals surface area contributed by atoms with Gasteiger partial charge in [-0.1, -0.05) is 18.7 Å². The fourth-order valence-corrected chi connectivity index (χ4v) is 3.77. The van der Waals surface area contributed by atoms with Crippen molar-refractivity contribution in [3.8, 4) is 11.5 Å². The Morgan fingerprint density at radius 3 is 1.78 bits per heavy atom. The molecule has 0 radical (unpaired) electrons. The molecule has 0 fully saturated rings. The average Bonchev–Trinajstić information content (AvgIpc) is 2.48. The highest BCUT2D eigenvalue weighted by Gasteiger charge is 2.11. The monoisotopic (exact) mass is 330 g/mol. The third kappa shape index (κ3) is 4.23. The topological polar surface area (TPSA) is 29.5 Å². The molecular weight excluding hydrogens is 304 g/mol. The van der Waals surface area contributed by atoms with E-state index >= 15 is 0 Å². The second kappa shape index (κ2) is 7.31. The summed E-state index contributed by atoms with van der Waals surface area (Å²) in [4.78, 5) is 2.34. The van der Waals surface area contributed by atoms with Crippen LogP contribution in [0.3, 0.4) is 0 Å². The Bertz CT molecular complexity index is 661. The van der Waals surface area contributed by atoms with E-state index in [0.717, 1.165) is 28.2 Å². The number of phenols is 1. The quantitative estimate of drug-likeness (QED) is 0.734. The molecule has 0 heterocycles. The van der Waals surface area contributed by atoms with Gasteiger partial charge in [0.2, 0.25) is 0 Å². The van der Waals surface area contributed by atoms with Gasteiger partial charge in [-0.3, -0.25) is 0 Å². The summed E-state index contributed by atoms with van der Waals surface area (Å²) in [5.74, 6) is 1.39. The molecule has 0 amide bonds. The summed E-state index contributed by atoms with van der Waals surface area (Å²) in [6.07, 6.45) is 1.23. The standard InChI is InChI=1S/C20H26O2S/c1-7-16(6)22-20-14(4)10-18(11-15(20)5)23-17-8-12(2)19(21)13(3)9-17/h8-11,16,21H,7H2,1-6H3. The second-order valence-corrected chi connectivity index (χ2v) is 7.38. The molecule has 23 heavy (non-hydrogen) atoms. The zero-order chi connectivity index (χ0) is 17.1. The molecule has 1 unspecified atom stereocenters. The minimum Gasteiger partial charge on any atom is -0.507 e. The highest BCUT2D eigenvalue weighted by Crippen LogP contribution is 2.36. The number of aromatic hydroxyl groups is 1. The molecule has 0 aliphatic carbocycles. The van der Waals surface area contributed by atoms with Crippen LogP contribution < -0.4 is 4.74 Å². The van der Waals surface area contributed by atoms with Crippen molar-refractivity contribution in [2.24, 2.45) is 0 Å². The molecule has 3 heteroatoms. The molecule has 1 atom stereocenters. The first-order valence-electron chi connectivity index (χ1n) is 8.07. The van der Waals surface area contributed by atoms with Crippen LogP contribution in [0.2, 0.25) is 0 Å². The summed E-state index contributed by atoms with van der Waals surface area (Å²) in [6.45, 7) is 12.3. The molecule has 0 aliphatic heterocycles. The highest BCUT2D eigenvalue weighted by molar-refractivity contribution is 7.99. The molecule has 0 aliphatic rings. The fraction of sp³-hybridized carbons (Fsp3) is 0.400. The lowest BCUT2D eigenvalue weighted by Gasteiger charge is -2.18. The van der Waals surface area contributed by atoms with Crippen LogP contribution in [-0.2, 0) is 0 Å². The molecule has 124 valence electrons. The highest BCUT2D eigenvalue weighted by atomic mass is 32.2. The van der Waals surface area contributed by atoms with E-state index in [1.807, 2.05) is 26.0 Å².